The predicted molar refractivity (Wildman–Crippen MR) is 152 cm³/mol. The van der Waals surface area contributed by atoms with Gasteiger partial charge in [-0.3, -0.25) is 9.69 Å². The molecule has 0 atom stereocenters. The molecule has 5 rings (SSSR count). The molecule has 2 N–H and O–H groups in total. The summed E-state index contributed by atoms with van der Waals surface area (Å²) >= 11 is 0. The highest BCUT2D eigenvalue weighted by atomic mass is 19.4. The van der Waals surface area contributed by atoms with Crippen LogP contribution in [0.15, 0.2) is 73.3 Å². The van der Waals surface area contributed by atoms with Crippen molar-refractivity contribution >= 4 is 23.1 Å². The zero-order chi connectivity index (χ0) is 29.5. The van der Waals surface area contributed by atoms with E-state index in [2.05, 4.69) is 30.5 Å². The highest BCUT2D eigenvalue weighted by Crippen LogP contribution is 2.35. The lowest BCUT2D eigenvalue weighted by Gasteiger charge is -2.26. The van der Waals surface area contributed by atoms with Gasteiger partial charge in [-0.15, -0.1) is 0 Å². The SMILES string of the molecule is Cc1ccc(C(=O)Nc2cc(OCCN3CCOCC3)cc(C(F)(F)F)c2)cc1Nc1ncccc1-c1ccncn1. The molecule has 1 saturated heterocycles. The Morgan fingerprint density at radius 2 is 1.88 bits per heavy atom. The molecule has 0 bridgehead atoms. The number of carbonyl (C=O) groups excluding carboxylic acids is 1. The van der Waals surface area contributed by atoms with Gasteiger partial charge in [0.05, 0.1) is 24.5 Å². The van der Waals surface area contributed by atoms with Crippen molar-refractivity contribution in [3.05, 3.63) is 90.0 Å². The first-order valence-electron chi connectivity index (χ1n) is 13.3. The van der Waals surface area contributed by atoms with Gasteiger partial charge in [-0.25, -0.2) is 15.0 Å². The number of ether oxygens (including phenoxy) is 2. The number of hydrogen-bond donors (Lipinski definition) is 2. The molecule has 2 aromatic carbocycles. The number of benzene rings is 2. The maximum atomic E-state index is 13.7. The number of alkyl halides is 3. The number of hydrogen-bond acceptors (Lipinski definition) is 8. The normalized spacial score (nSPS) is 13.9. The number of anilines is 3. The first kappa shape index (κ1) is 29.0. The monoisotopic (exact) mass is 578 g/mol. The quantitative estimate of drug-likeness (QED) is 0.266. The average molecular weight is 579 g/mol. The summed E-state index contributed by atoms with van der Waals surface area (Å²) in [6.07, 6.45) is 0.0849. The molecule has 1 fully saturated rings. The molecule has 4 aromatic rings. The summed E-state index contributed by atoms with van der Waals surface area (Å²) in [6, 6.07) is 13.6. The van der Waals surface area contributed by atoms with Crippen LogP contribution in [0, 0.1) is 6.92 Å². The molecular formula is C30H29F3N6O3. The molecule has 12 heteroatoms. The molecule has 1 aliphatic heterocycles. The van der Waals surface area contributed by atoms with E-state index in [1.807, 2.05) is 13.0 Å². The zero-order valence-corrected chi connectivity index (χ0v) is 22.8. The second-order valence-corrected chi connectivity index (χ2v) is 9.65. The second-order valence-electron chi connectivity index (χ2n) is 9.65. The fraction of sp³-hybridized carbons (Fsp3) is 0.267. The Labute approximate surface area is 240 Å². The van der Waals surface area contributed by atoms with Crippen molar-refractivity contribution in [3.8, 4) is 17.0 Å². The molecule has 0 radical (unpaired) electrons. The van der Waals surface area contributed by atoms with Crippen LogP contribution in [0.2, 0.25) is 0 Å². The van der Waals surface area contributed by atoms with Crippen LogP contribution in [0.1, 0.15) is 21.5 Å². The number of aromatic nitrogens is 3. The van der Waals surface area contributed by atoms with Crippen molar-refractivity contribution < 1.29 is 27.4 Å². The Morgan fingerprint density at radius 1 is 1.05 bits per heavy atom. The number of nitrogens with zero attached hydrogens (tertiary/aromatic N) is 4. The van der Waals surface area contributed by atoms with Crippen LogP contribution in [-0.4, -0.2) is 65.2 Å². The van der Waals surface area contributed by atoms with E-state index in [1.54, 1.807) is 42.7 Å². The van der Waals surface area contributed by atoms with E-state index in [0.717, 1.165) is 36.3 Å². The van der Waals surface area contributed by atoms with E-state index in [-0.39, 0.29) is 23.6 Å². The molecule has 0 unspecified atom stereocenters. The Bertz CT molecular complexity index is 1530. The van der Waals surface area contributed by atoms with Gasteiger partial charge in [-0.1, -0.05) is 6.07 Å². The Kier molecular flexibility index (Phi) is 8.94. The van der Waals surface area contributed by atoms with Crippen molar-refractivity contribution in [1.29, 1.82) is 0 Å². The van der Waals surface area contributed by atoms with Crippen molar-refractivity contribution in [2.24, 2.45) is 0 Å². The minimum atomic E-state index is -4.62. The van der Waals surface area contributed by atoms with Gasteiger partial charge in [-0.05, 0) is 55.0 Å². The first-order valence-corrected chi connectivity index (χ1v) is 13.3. The smallest absolute Gasteiger partial charge is 0.416 e. The van der Waals surface area contributed by atoms with Crippen molar-refractivity contribution in [2.45, 2.75) is 13.1 Å². The van der Waals surface area contributed by atoms with Crippen LogP contribution in [0.5, 0.6) is 5.75 Å². The van der Waals surface area contributed by atoms with Crippen LogP contribution in [0.4, 0.5) is 30.4 Å². The van der Waals surface area contributed by atoms with E-state index in [9.17, 15) is 18.0 Å². The summed E-state index contributed by atoms with van der Waals surface area (Å²) in [6.45, 7) is 5.32. The fourth-order valence-corrected chi connectivity index (χ4v) is 4.43. The minimum Gasteiger partial charge on any atom is -0.492 e. The number of amides is 1. The summed E-state index contributed by atoms with van der Waals surface area (Å²) in [5.74, 6) is -0.0330. The third kappa shape index (κ3) is 7.39. The summed E-state index contributed by atoms with van der Waals surface area (Å²) in [7, 11) is 0. The number of carbonyl (C=O) groups is 1. The molecule has 0 saturated carbocycles. The van der Waals surface area contributed by atoms with E-state index >= 15 is 0 Å². The molecular weight excluding hydrogens is 549 g/mol. The van der Waals surface area contributed by atoms with Gasteiger partial charge in [0.15, 0.2) is 0 Å². The number of morpholine rings is 1. The fourth-order valence-electron chi connectivity index (χ4n) is 4.43. The lowest BCUT2D eigenvalue weighted by Crippen LogP contribution is -2.38. The number of rotatable bonds is 9. The molecule has 1 aliphatic rings. The van der Waals surface area contributed by atoms with Gasteiger partial charge in [0.2, 0.25) is 0 Å². The van der Waals surface area contributed by atoms with Crippen molar-refractivity contribution in [3.63, 3.8) is 0 Å². The zero-order valence-electron chi connectivity index (χ0n) is 22.8. The van der Waals surface area contributed by atoms with Gasteiger partial charge in [-0.2, -0.15) is 13.2 Å². The maximum Gasteiger partial charge on any atom is 0.416 e. The number of nitrogens with one attached hydrogen (secondary N) is 2. The summed E-state index contributed by atoms with van der Waals surface area (Å²) < 4.78 is 52.0. The van der Waals surface area contributed by atoms with Gasteiger partial charge < -0.3 is 20.1 Å². The Hall–Kier alpha value is -4.55. The molecule has 42 heavy (non-hydrogen) atoms. The Morgan fingerprint density at radius 3 is 2.64 bits per heavy atom. The summed E-state index contributed by atoms with van der Waals surface area (Å²) in [5, 5.41) is 5.85. The van der Waals surface area contributed by atoms with Crippen LogP contribution in [0.3, 0.4) is 0 Å². The van der Waals surface area contributed by atoms with Crippen molar-refractivity contribution in [1.82, 2.24) is 19.9 Å². The number of aryl methyl sites for hydroxylation is 1. The first-order chi connectivity index (χ1) is 20.3. The molecule has 0 spiro atoms. The highest BCUT2D eigenvalue weighted by molar-refractivity contribution is 6.05. The van der Waals surface area contributed by atoms with Gasteiger partial charge >= 0.3 is 6.18 Å². The predicted octanol–water partition coefficient (Wildman–Crippen LogP) is 5.57. The maximum absolute atomic E-state index is 13.7. The summed E-state index contributed by atoms with van der Waals surface area (Å²) in [4.78, 5) is 28.0. The van der Waals surface area contributed by atoms with E-state index < -0.39 is 17.6 Å². The number of pyridine rings is 1. The standard InChI is InChI=1S/C30H29F3N6O3/c1-20-4-5-21(15-27(20)38-28-25(3-2-7-35-28)26-6-8-34-19-36-26)29(40)37-23-16-22(30(31,32)33)17-24(18-23)42-14-11-39-9-12-41-13-10-39/h2-8,15-19H,9-14H2,1H3,(H,35,38)(H,37,40). The summed E-state index contributed by atoms with van der Waals surface area (Å²) in [5.41, 5.74) is 2.14. The van der Waals surface area contributed by atoms with E-state index in [4.69, 9.17) is 9.47 Å². The minimum absolute atomic E-state index is 0.0204. The third-order valence-electron chi connectivity index (χ3n) is 6.69. The Balaban J connectivity index is 1.33. The lowest BCUT2D eigenvalue weighted by molar-refractivity contribution is -0.137. The van der Waals surface area contributed by atoms with E-state index in [0.29, 0.717) is 37.0 Å². The topological polar surface area (TPSA) is 102 Å². The highest BCUT2D eigenvalue weighted by Gasteiger charge is 2.32. The van der Waals surface area contributed by atoms with Crippen molar-refractivity contribution in [2.75, 3.05) is 50.1 Å². The van der Waals surface area contributed by atoms with Crippen LogP contribution < -0.4 is 15.4 Å². The van der Waals surface area contributed by atoms with Crippen LogP contribution >= 0.6 is 0 Å². The van der Waals surface area contributed by atoms with Crippen LogP contribution in [-0.2, 0) is 10.9 Å². The molecule has 2 aromatic heterocycles. The molecule has 3 heterocycles. The molecule has 218 valence electrons. The lowest BCUT2D eigenvalue weighted by atomic mass is 10.1. The second kappa shape index (κ2) is 13.0. The third-order valence-corrected chi connectivity index (χ3v) is 6.69. The van der Waals surface area contributed by atoms with Gasteiger partial charge in [0.1, 0.15) is 24.5 Å². The van der Waals surface area contributed by atoms with Gasteiger partial charge in [0, 0.05) is 60.6 Å². The largest absolute Gasteiger partial charge is 0.492 e. The molecule has 0 aliphatic carbocycles. The number of halogens is 3. The molecule has 1 amide bonds. The van der Waals surface area contributed by atoms with Crippen LogP contribution in [0.25, 0.3) is 11.3 Å². The average Bonchev–Trinajstić information content (AvgIpc) is 2.99. The van der Waals surface area contributed by atoms with E-state index in [1.165, 1.54) is 12.4 Å². The van der Waals surface area contributed by atoms with Gasteiger partial charge in [0.25, 0.3) is 5.91 Å². The molecule has 9 nitrogen and oxygen atoms in total.